The van der Waals surface area contributed by atoms with Gasteiger partial charge in [-0.1, -0.05) is 6.42 Å². The monoisotopic (exact) mass is 400 g/mol. The van der Waals surface area contributed by atoms with Gasteiger partial charge in [0.2, 0.25) is 5.91 Å². The number of amides is 1. The molecular weight excluding hydrogens is 368 g/mol. The van der Waals surface area contributed by atoms with Gasteiger partial charge in [-0.25, -0.2) is 0 Å². The summed E-state index contributed by atoms with van der Waals surface area (Å²) >= 11 is 0. The molecular formula is C21H32N6O2. The maximum Gasteiger partial charge on any atom is 0.236 e. The third kappa shape index (κ3) is 4.93. The van der Waals surface area contributed by atoms with E-state index in [0.29, 0.717) is 12.2 Å². The zero-order valence-electron chi connectivity index (χ0n) is 17.4. The average molecular weight is 401 g/mol. The number of nitrogens with zero attached hydrogens (tertiary/aromatic N) is 6. The lowest BCUT2D eigenvalue weighted by atomic mass is 9.91. The predicted octanol–water partition coefficient (Wildman–Crippen LogP) is 0.888. The Bertz CT molecular complexity index is 712. The zero-order chi connectivity index (χ0) is 20.2. The normalized spacial score (nSPS) is 22.2. The molecule has 2 saturated heterocycles. The fourth-order valence-corrected chi connectivity index (χ4v) is 4.42. The molecule has 3 heterocycles. The molecule has 0 bridgehead atoms. The molecule has 3 fully saturated rings. The molecule has 0 spiro atoms. The first kappa shape index (κ1) is 20.2. The van der Waals surface area contributed by atoms with Crippen LogP contribution in [-0.4, -0.2) is 102 Å². The number of carbonyl (C=O) groups excluding carboxylic acids is 2. The van der Waals surface area contributed by atoms with Gasteiger partial charge in [0.05, 0.1) is 6.54 Å². The average Bonchev–Trinajstić information content (AvgIpc) is 2.93. The highest BCUT2D eigenvalue weighted by molar-refractivity contribution is 5.91. The number of ketones is 1. The largest absolute Gasteiger partial charge is 0.354 e. The minimum Gasteiger partial charge on any atom is -0.354 e. The molecule has 0 atom stereocenters. The Labute approximate surface area is 172 Å². The van der Waals surface area contributed by atoms with Crippen LogP contribution >= 0.6 is 0 Å². The molecule has 0 N–H and O–H groups in total. The second-order valence-electron chi connectivity index (χ2n) is 8.45. The molecule has 1 aliphatic carbocycles. The van der Waals surface area contributed by atoms with E-state index in [2.05, 4.69) is 24.9 Å². The van der Waals surface area contributed by atoms with Gasteiger partial charge in [0.1, 0.15) is 5.69 Å². The lowest BCUT2D eigenvalue weighted by Gasteiger charge is -2.43. The number of anilines is 1. The summed E-state index contributed by atoms with van der Waals surface area (Å²) in [5.74, 6) is 0.991. The minimum absolute atomic E-state index is 0.0712. The molecule has 2 aliphatic heterocycles. The minimum atomic E-state index is -0.0712. The summed E-state index contributed by atoms with van der Waals surface area (Å²) < 4.78 is 0. The van der Waals surface area contributed by atoms with Crippen molar-refractivity contribution in [3.63, 3.8) is 0 Å². The van der Waals surface area contributed by atoms with Crippen LogP contribution in [0.4, 0.5) is 5.82 Å². The van der Waals surface area contributed by atoms with Crippen LogP contribution in [0.2, 0.25) is 0 Å². The Morgan fingerprint density at radius 3 is 2.34 bits per heavy atom. The summed E-state index contributed by atoms with van der Waals surface area (Å²) in [5.41, 5.74) is 0.396. The van der Waals surface area contributed by atoms with E-state index in [0.717, 1.165) is 70.6 Å². The van der Waals surface area contributed by atoms with Crippen LogP contribution in [0.1, 0.15) is 43.1 Å². The lowest BCUT2D eigenvalue weighted by molar-refractivity contribution is -0.134. The molecule has 1 aromatic heterocycles. The molecule has 1 amide bonds. The Hall–Kier alpha value is -2.06. The Morgan fingerprint density at radius 1 is 0.931 bits per heavy atom. The van der Waals surface area contributed by atoms with Crippen molar-refractivity contribution in [1.82, 2.24) is 24.9 Å². The van der Waals surface area contributed by atoms with Gasteiger partial charge < -0.3 is 9.80 Å². The number of Topliss-reactive ketones (excluding diaryl/α,β-unsaturated/α-hetero) is 1. The number of rotatable bonds is 5. The van der Waals surface area contributed by atoms with Crippen molar-refractivity contribution in [3.05, 3.63) is 17.8 Å². The van der Waals surface area contributed by atoms with E-state index < -0.39 is 0 Å². The zero-order valence-corrected chi connectivity index (χ0v) is 17.4. The van der Waals surface area contributed by atoms with Crippen molar-refractivity contribution in [2.24, 2.45) is 0 Å². The molecule has 4 rings (SSSR count). The van der Waals surface area contributed by atoms with E-state index in [-0.39, 0.29) is 11.7 Å². The van der Waals surface area contributed by atoms with E-state index in [1.807, 2.05) is 11.0 Å². The van der Waals surface area contributed by atoms with Gasteiger partial charge in [0.15, 0.2) is 11.6 Å². The second kappa shape index (κ2) is 9.17. The number of carbonyl (C=O) groups is 2. The summed E-state index contributed by atoms with van der Waals surface area (Å²) in [6.07, 6.45) is 5.02. The highest BCUT2D eigenvalue weighted by atomic mass is 16.2. The van der Waals surface area contributed by atoms with Crippen LogP contribution in [-0.2, 0) is 4.79 Å². The van der Waals surface area contributed by atoms with E-state index >= 15 is 0 Å². The third-order valence-electron chi connectivity index (χ3n) is 6.54. The van der Waals surface area contributed by atoms with E-state index in [9.17, 15) is 9.59 Å². The van der Waals surface area contributed by atoms with Gasteiger partial charge in [0, 0.05) is 65.3 Å². The maximum absolute atomic E-state index is 12.8. The third-order valence-corrected chi connectivity index (χ3v) is 6.54. The first-order chi connectivity index (χ1) is 14.1. The van der Waals surface area contributed by atoms with Crippen LogP contribution in [0.3, 0.4) is 0 Å². The van der Waals surface area contributed by atoms with E-state index in [1.165, 1.54) is 26.2 Å². The van der Waals surface area contributed by atoms with Gasteiger partial charge in [-0.05, 0) is 31.4 Å². The number of hydrogen-bond acceptors (Lipinski definition) is 7. The van der Waals surface area contributed by atoms with Gasteiger partial charge in [-0.2, -0.15) is 0 Å². The van der Waals surface area contributed by atoms with Crippen molar-refractivity contribution in [2.45, 2.75) is 38.6 Å². The lowest BCUT2D eigenvalue weighted by Crippen LogP contribution is -2.55. The second-order valence-corrected chi connectivity index (χ2v) is 8.45. The van der Waals surface area contributed by atoms with Crippen molar-refractivity contribution in [1.29, 1.82) is 0 Å². The van der Waals surface area contributed by atoms with Crippen molar-refractivity contribution < 1.29 is 9.59 Å². The number of hydrogen-bond donors (Lipinski definition) is 0. The van der Waals surface area contributed by atoms with Crippen molar-refractivity contribution >= 4 is 17.5 Å². The van der Waals surface area contributed by atoms with Gasteiger partial charge in [-0.3, -0.25) is 19.4 Å². The van der Waals surface area contributed by atoms with Crippen molar-refractivity contribution in [2.75, 3.05) is 63.8 Å². The summed E-state index contributed by atoms with van der Waals surface area (Å²) in [6, 6.07) is 4.38. The molecule has 29 heavy (non-hydrogen) atoms. The fourth-order valence-electron chi connectivity index (χ4n) is 4.42. The van der Waals surface area contributed by atoms with Crippen LogP contribution in [0, 0.1) is 0 Å². The summed E-state index contributed by atoms with van der Waals surface area (Å²) in [6.45, 7) is 9.26. The van der Waals surface area contributed by atoms with Crippen LogP contribution < -0.4 is 4.90 Å². The smallest absolute Gasteiger partial charge is 0.236 e. The quantitative estimate of drug-likeness (QED) is 0.680. The van der Waals surface area contributed by atoms with Gasteiger partial charge in [-0.15, -0.1) is 10.2 Å². The van der Waals surface area contributed by atoms with E-state index in [1.54, 1.807) is 6.07 Å². The summed E-state index contributed by atoms with van der Waals surface area (Å²) in [4.78, 5) is 33.2. The Morgan fingerprint density at radius 2 is 1.72 bits per heavy atom. The molecule has 1 aromatic rings. The molecule has 158 valence electrons. The number of piperazine rings is 1. The topological polar surface area (TPSA) is 72.9 Å². The molecule has 0 radical (unpaired) electrons. The van der Waals surface area contributed by atoms with Crippen LogP contribution in [0.5, 0.6) is 0 Å². The van der Waals surface area contributed by atoms with E-state index in [4.69, 9.17) is 0 Å². The first-order valence-corrected chi connectivity index (χ1v) is 10.9. The number of aromatic nitrogens is 2. The Balaban J connectivity index is 1.24. The highest BCUT2D eigenvalue weighted by Crippen LogP contribution is 2.25. The summed E-state index contributed by atoms with van der Waals surface area (Å²) in [5, 5.41) is 8.24. The Kier molecular flexibility index (Phi) is 6.40. The van der Waals surface area contributed by atoms with Crippen LogP contribution in [0.25, 0.3) is 0 Å². The van der Waals surface area contributed by atoms with Gasteiger partial charge in [0.25, 0.3) is 0 Å². The molecule has 3 aliphatic rings. The molecule has 1 saturated carbocycles. The molecule has 8 nitrogen and oxygen atoms in total. The van der Waals surface area contributed by atoms with Gasteiger partial charge >= 0.3 is 0 Å². The standard InChI is InChI=1S/C21H32N6O2/c1-17(28)19-6-7-20(23-22-19)26-9-3-8-24(10-11-26)16-21(29)27-14-12-25(13-15-27)18-4-2-5-18/h6-7,18H,2-5,8-16H2,1H3. The molecule has 0 unspecified atom stereocenters. The fraction of sp³-hybridized carbons (Fsp3) is 0.714. The predicted molar refractivity (Wildman–Crippen MR) is 111 cm³/mol. The maximum atomic E-state index is 12.8. The van der Waals surface area contributed by atoms with Crippen LogP contribution in [0.15, 0.2) is 12.1 Å². The SMILES string of the molecule is CC(=O)c1ccc(N2CCCN(CC(=O)N3CCN(C4CCC4)CC3)CC2)nn1. The van der Waals surface area contributed by atoms with Crippen molar-refractivity contribution in [3.8, 4) is 0 Å². The highest BCUT2D eigenvalue weighted by Gasteiger charge is 2.30. The first-order valence-electron chi connectivity index (χ1n) is 10.9. The summed E-state index contributed by atoms with van der Waals surface area (Å²) in [7, 11) is 0. The molecule has 0 aromatic carbocycles. The molecule has 8 heteroatoms.